The zero-order chi connectivity index (χ0) is 13.8. The van der Waals surface area contributed by atoms with Crippen molar-refractivity contribution in [2.45, 2.75) is 36.8 Å². The molecule has 2 aliphatic rings. The summed E-state index contributed by atoms with van der Waals surface area (Å²) in [6.07, 6.45) is 4.80. The van der Waals surface area contributed by atoms with E-state index < -0.39 is 0 Å². The Morgan fingerprint density at radius 2 is 2.15 bits per heavy atom. The molecule has 0 saturated carbocycles. The van der Waals surface area contributed by atoms with Crippen molar-refractivity contribution in [2.24, 2.45) is 13.0 Å². The normalized spacial score (nSPS) is 24.4. The molecule has 0 spiro atoms. The summed E-state index contributed by atoms with van der Waals surface area (Å²) in [6.45, 7) is 4.09. The zero-order valence-electron chi connectivity index (χ0n) is 12.2. The maximum absolute atomic E-state index is 5.42. The Labute approximate surface area is 124 Å². The van der Waals surface area contributed by atoms with Crippen LogP contribution in [0.3, 0.4) is 0 Å². The Bertz CT molecular complexity index is 425. The second kappa shape index (κ2) is 6.91. The van der Waals surface area contributed by atoms with E-state index in [4.69, 9.17) is 4.74 Å². The van der Waals surface area contributed by atoms with Crippen molar-refractivity contribution in [3.63, 3.8) is 0 Å². The zero-order valence-corrected chi connectivity index (χ0v) is 13.0. The average Bonchev–Trinajstić information content (AvgIpc) is 3.11. The van der Waals surface area contributed by atoms with E-state index in [0.29, 0.717) is 5.92 Å². The molecule has 1 aromatic rings. The molecule has 6 heteroatoms. The predicted octanol–water partition coefficient (Wildman–Crippen LogP) is 1.80. The quantitative estimate of drug-likeness (QED) is 0.840. The molecule has 1 aromatic heterocycles. The SMILES string of the molecule is Cn1c(SCC[C@H]2CCOC2)nnc1C1CCNCC1. The number of nitrogens with one attached hydrogen (secondary N) is 1. The maximum Gasteiger partial charge on any atom is 0.190 e. The highest BCUT2D eigenvalue weighted by Gasteiger charge is 2.22. The summed E-state index contributed by atoms with van der Waals surface area (Å²) < 4.78 is 7.62. The molecule has 2 fully saturated rings. The highest BCUT2D eigenvalue weighted by Crippen LogP contribution is 2.27. The van der Waals surface area contributed by atoms with Gasteiger partial charge >= 0.3 is 0 Å². The maximum atomic E-state index is 5.42. The molecule has 0 amide bonds. The number of hydrogen-bond donors (Lipinski definition) is 1. The van der Waals surface area contributed by atoms with Gasteiger partial charge in [0.25, 0.3) is 0 Å². The minimum absolute atomic E-state index is 0.575. The summed E-state index contributed by atoms with van der Waals surface area (Å²) in [7, 11) is 2.11. The largest absolute Gasteiger partial charge is 0.381 e. The van der Waals surface area contributed by atoms with Crippen LogP contribution in [-0.2, 0) is 11.8 Å². The van der Waals surface area contributed by atoms with Crippen molar-refractivity contribution < 1.29 is 4.74 Å². The number of thioether (sulfide) groups is 1. The monoisotopic (exact) mass is 296 g/mol. The van der Waals surface area contributed by atoms with Gasteiger partial charge in [-0.25, -0.2) is 0 Å². The molecular weight excluding hydrogens is 272 g/mol. The molecule has 0 aromatic carbocycles. The molecule has 0 unspecified atom stereocenters. The summed E-state index contributed by atoms with van der Waals surface area (Å²) in [5.41, 5.74) is 0. The first-order valence-corrected chi connectivity index (χ1v) is 8.63. The lowest BCUT2D eigenvalue weighted by molar-refractivity contribution is 0.185. The van der Waals surface area contributed by atoms with Crippen molar-refractivity contribution in [2.75, 3.05) is 32.1 Å². The number of rotatable bonds is 5. The second-order valence-corrected chi connectivity index (χ2v) is 6.85. The molecule has 2 aliphatic heterocycles. The van der Waals surface area contributed by atoms with E-state index in [2.05, 4.69) is 27.1 Å². The lowest BCUT2D eigenvalue weighted by Crippen LogP contribution is -2.27. The van der Waals surface area contributed by atoms with Crippen molar-refractivity contribution >= 4 is 11.8 Å². The average molecular weight is 296 g/mol. The number of hydrogen-bond acceptors (Lipinski definition) is 5. The first kappa shape index (κ1) is 14.4. The van der Waals surface area contributed by atoms with Gasteiger partial charge in [0, 0.05) is 31.9 Å². The number of ether oxygens (including phenoxy) is 1. The summed E-state index contributed by atoms with van der Waals surface area (Å²) in [5.74, 6) is 3.61. The molecule has 3 rings (SSSR count). The Morgan fingerprint density at radius 3 is 2.90 bits per heavy atom. The van der Waals surface area contributed by atoms with Gasteiger partial charge in [-0.3, -0.25) is 0 Å². The Morgan fingerprint density at radius 1 is 1.30 bits per heavy atom. The van der Waals surface area contributed by atoms with E-state index in [9.17, 15) is 0 Å². The van der Waals surface area contributed by atoms with Crippen molar-refractivity contribution in [1.82, 2.24) is 20.1 Å². The first-order chi connectivity index (χ1) is 9.84. The summed E-state index contributed by atoms with van der Waals surface area (Å²) in [4.78, 5) is 0. The smallest absolute Gasteiger partial charge is 0.190 e. The minimum atomic E-state index is 0.575. The van der Waals surface area contributed by atoms with E-state index >= 15 is 0 Å². The van der Waals surface area contributed by atoms with E-state index in [1.807, 2.05) is 11.8 Å². The number of nitrogens with zero attached hydrogens (tertiary/aromatic N) is 3. The topological polar surface area (TPSA) is 52.0 Å². The molecule has 5 nitrogen and oxygen atoms in total. The van der Waals surface area contributed by atoms with Crippen molar-refractivity contribution in [3.05, 3.63) is 5.82 Å². The predicted molar refractivity (Wildman–Crippen MR) is 80.1 cm³/mol. The van der Waals surface area contributed by atoms with E-state index in [0.717, 1.165) is 49.0 Å². The van der Waals surface area contributed by atoms with Crippen molar-refractivity contribution in [3.8, 4) is 0 Å². The fraction of sp³-hybridized carbons (Fsp3) is 0.857. The van der Waals surface area contributed by atoms with E-state index in [1.54, 1.807) is 0 Å². The summed E-state index contributed by atoms with van der Waals surface area (Å²) in [5, 5.41) is 13.3. The molecule has 3 heterocycles. The first-order valence-electron chi connectivity index (χ1n) is 7.65. The second-order valence-electron chi connectivity index (χ2n) is 5.79. The molecule has 2 saturated heterocycles. The standard InChI is InChI=1S/C14H24N4OS/c1-18-13(12-2-6-15-7-3-12)16-17-14(18)20-9-5-11-4-8-19-10-11/h11-12,15H,2-10H2,1H3/t11-/m1/s1. The van der Waals surface area contributed by atoms with Gasteiger partial charge in [0.15, 0.2) is 5.16 Å². The highest BCUT2D eigenvalue weighted by atomic mass is 32.2. The van der Waals surface area contributed by atoms with Crippen LogP contribution in [0.1, 0.15) is 37.4 Å². The van der Waals surface area contributed by atoms with Gasteiger partial charge in [-0.2, -0.15) is 0 Å². The number of piperidine rings is 1. The number of aromatic nitrogens is 3. The van der Waals surface area contributed by atoms with Crippen LogP contribution >= 0.6 is 11.8 Å². The molecular formula is C14H24N4OS. The van der Waals surface area contributed by atoms with E-state index in [1.165, 1.54) is 25.7 Å². The lowest BCUT2D eigenvalue weighted by Gasteiger charge is -2.21. The van der Waals surface area contributed by atoms with Gasteiger partial charge in [0.2, 0.25) is 0 Å². The van der Waals surface area contributed by atoms with Crippen LogP contribution in [0.25, 0.3) is 0 Å². The van der Waals surface area contributed by atoms with Crippen LogP contribution in [0.15, 0.2) is 5.16 Å². The molecule has 0 aliphatic carbocycles. The minimum Gasteiger partial charge on any atom is -0.381 e. The van der Waals surface area contributed by atoms with Crippen LogP contribution in [0.4, 0.5) is 0 Å². The van der Waals surface area contributed by atoms with Gasteiger partial charge in [0.05, 0.1) is 0 Å². The fourth-order valence-corrected chi connectivity index (χ4v) is 4.03. The molecule has 0 bridgehead atoms. The van der Waals surface area contributed by atoms with Crippen LogP contribution < -0.4 is 5.32 Å². The summed E-state index contributed by atoms with van der Waals surface area (Å²) >= 11 is 1.84. The van der Waals surface area contributed by atoms with Crippen LogP contribution in [-0.4, -0.2) is 46.8 Å². The third kappa shape index (κ3) is 3.35. The molecule has 20 heavy (non-hydrogen) atoms. The lowest BCUT2D eigenvalue weighted by atomic mass is 9.97. The van der Waals surface area contributed by atoms with Crippen LogP contribution in [0.2, 0.25) is 0 Å². The van der Waals surface area contributed by atoms with Gasteiger partial charge < -0.3 is 14.6 Å². The highest BCUT2D eigenvalue weighted by molar-refractivity contribution is 7.99. The molecule has 112 valence electrons. The third-order valence-corrected chi connectivity index (χ3v) is 5.41. The fourth-order valence-electron chi connectivity index (χ4n) is 3.02. The van der Waals surface area contributed by atoms with Crippen LogP contribution in [0, 0.1) is 5.92 Å². The Kier molecular flexibility index (Phi) is 4.96. The molecule has 0 radical (unpaired) electrons. The van der Waals surface area contributed by atoms with Gasteiger partial charge in [-0.05, 0) is 44.7 Å². The van der Waals surface area contributed by atoms with Gasteiger partial charge in [-0.15, -0.1) is 10.2 Å². The van der Waals surface area contributed by atoms with Crippen molar-refractivity contribution in [1.29, 1.82) is 0 Å². The Hall–Kier alpha value is -0.590. The third-order valence-electron chi connectivity index (χ3n) is 4.35. The Balaban J connectivity index is 1.52. The van der Waals surface area contributed by atoms with E-state index in [-0.39, 0.29) is 0 Å². The molecule has 1 N–H and O–H groups in total. The summed E-state index contributed by atoms with van der Waals surface area (Å²) in [6, 6.07) is 0. The van der Waals surface area contributed by atoms with Gasteiger partial charge in [0.1, 0.15) is 5.82 Å². The van der Waals surface area contributed by atoms with Crippen LogP contribution in [0.5, 0.6) is 0 Å². The molecule has 1 atom stereocenters. The van der Waals surface area contributed by atoms with Gasteiger partial charge in [-0.1, -0.05) is 11.8 Å².